The highest BCUT2D eigenvalue weighted by molar-refractivity contribution is 9.10. The second-order valence-corrected chi connectivity index (χ2v) is 8.59. The third-order valence-corrected chi connectivity index (χ3v) is 5.94. The molecular weight excluding hydrogens is 488 g/mol. The number of Topliss-reactive ketones (excluding diaryl/α,β-unsaturated/α-hetero) is 2. The fourth-order valence-corrected chi connectivity index (χ4v) is 4.36. The maximum atomic E-state index is 13.0. The number of ketones is 2. The van der Waals surface area contributed by atoms with Gasteiger partial charge >= 0.3 is 0 Å². The highest BCUT2D eigenvalue weighted by Crippen LogP contribution is 2.41. The van der Waals surface area contributed by atoms with Crippen LogP contribution in [0.15, 0.2) is 64.8 Å². The lowest BCUT2D eigenvalue weighted by molar-refractivity contribution is -0.0165. The summed E-state index contributed by atoms with van der Waals surface area (Å²) in [5.41, 5.74) is 3.30. The molecule has 5 rings (SSSR count). The van der Waals surface area contributed by atoms with Crippen molar-refractivity contribution in [2.75, 3.05) is 13.4 Å². The monoisotopic (exact) mass is 506 g/mol. The SMILES string of the molecule is Cc1c(OCC(=O)c2ccccc2)ccc2c1O/C(=C\c1cc(Br)cc3c1OCOC3)C2=O. The van der Waals surface area contributed by atoms with Crippen LogP contribution in [0.25, 0.3) is 6.08 Å². The van der Waals surface area contributed by atoms with Gasteiger partial charge in [0.25, 0.3) is 0 Å². The molecule has 3 aromatic carbocycles. The molecule has 7 heteroatoms. The predicted octanol–water partition coefficient (Wildman–Crippen LogP) is 5.50. The Morgan fingerprint density at radius 3 is 2.76 bits per heavy atom. The minimum absolute atomic E-state index is 0.107. The van der Waals surface area contributed by atoms with Gasteiger partial charge in [-0.2, -0.15) is 0 Å². The lowest BCUT2D eigenvalue weighted by atomic mass is 10.0. The van der Waals surface area contributed by atoms with Crippen molar-refractivity contribution < 1.29 is 28.5 Å². The fourth-order valence-electron chi connectivity index (χ4n) is 3.83. The van der Waals surface area contributed by atoms with Crippen LogP contribution in [0, 0.1) is 6.92 Å². The molecule has 0 saturated heterocycles. The summed E-state index contributed by atoms with van der Waals surface area (Å²) in [5.74, 6) is 1.44. The van der Waals surface area contributed by atoms with E-state index in [4.69, 9.17) is 18.9 Å². The number of halogens is 1. The fraction of sp³-hybridized carbons (Fsp3) is 0.154. The van der Waals surface area contributed by atoms with Crippen molar-refractivity contribution in [3.63, 3.8) is 0 Å². The van der Waals surface area contributed by atoms with E-state index in [1.165, 1.54) is 0 Å². The van der Waals surface area contributed by atoms with Crippen LogP contribution in [-0.2, 0) is 11.3 Å². The molecule has 0 radical (unpaired) electrons. The normalized spacial score (nSPS) is 15.5. The largest absolute Gasteiger partial charge is 0.485 e. The number of allylic oxidation sites excluding steroid dienone is 1. The maximum absolute atomic E-state index is 13.0. The number of carbonyl (C=O) groups is 2. The molecular formula is C26H19BrO6. The third-order valence-electron chi connectivity index (χ3n) is 5.48. The van der Waals surface area contributed by atoms with Gasteiger partial charge in [-0.3, -0.25) is 9.59 Å². The first-order chi connectivity index (χ1) is 16.0. The van der Waals surface area contributed by atoms with Crippen molar-refractivity contribution >= 4 is 33.6 Å². The third kappa shape index (κ3) is 4.17. The molecule has 0 aromatic heterocycles. The average Bonchev–Trinajstić information content (AvgIpc) is 3.15. The molecule has 2 aliphatic rings. The van der Waals surface area contributed by atoms with Crippen LogP contribution < -0.4 is 14.2 Å². The zero-order chi connectivity index (χ0) is 22.9. The summed E-state index contributed by atoms with van der Waals surface area (Å²) in [6.07, 6.45) is 1.68. The second-order valence-electron chi connectivity index (χ2n) is 7.68. The minimum atomic E-state index is -0.221. The quantitative estimate of drug-likeness (QED) is 0.336. The summed E-state index contributed by atoms with van der Waals surface area (Å²) in [7, 11) is 0. The molecule has 0 atom stereocenters. The molecule has 0 spiro atoms. The Kier molecular flexibility index (Phi) is 5.74. The molecule has 0 unspecified atom stereocenters. The van der Waals surface area contributed by atoms with Gasteiger partial charge in [0.2, 0.25) is 5.78 Å². The van der Waals surface area contributed by atoms with Crippen LogP contribution in [0.4, 0.5) is 0 Å². The van der Waals surface area contributed by atoms with Gasteiger partial charge in [0, 0.05) is 26.7 Å². The Morgan fingerprint density at radius 2 is 1.94 bits per heavy atom. The van der Waals surface area contributed by atoms with Crippen molar-refractivity contribution in [3.05, 3.63) is 92.6 Å². The van der Waals surface area contributed by atoms with E-state index in [0.717, 1.165) is 15.6 Å². The number of benzene rings is 3. The number of hydrogen-bond acceptors (Lipinski definition) is 6. The van der Waals surface area contributed by atoms with E-state index in [9.17, 15) is 9.59 Å². The van der Waals surface area contributed by atoms with Crippen LogP contribution in [0.2, 0.25) is 0 Å². The standard InChI is InChI=1S/C26H19BrO6/c1-15-22(31-13-21(28)16-5-3-2-4-6-16)8-7-20-24(29)23(33-25(15)20)11-17-9-19(27)10-18-12-30-14-32-26(17)18/h2-11H,12-14H2,1H3/b23-11-. The summed E-state index contributed by atoms with van der Waals surface area (Å²) >= 11 is 3.49. The molecule has 33 heavy (non-hydrogen) atoms. The summed E-state index contributed by atoms with van der Waals surface area (Å²) < 4.78 is 23.6. The zero-order valence-electron chi connectivity index (χ0n) is 17.7. The lowest BCUT2D eigenvalue weighted by Crippen LogP contribution is -2.12. The van der Waals surface area contributed by atoms with Crippen molar-refractivity contribution in [3.8, 4) is 17.2 Å². The van der Waals surface area contributed by atoms with Crippen molar-refractivity contribution in [1.82, 2.24) is 0 Å². The summed E-state index contributed by atoms with van der Waals surface area (Å²) in [6.45, 7) is 2.28. The smallest absolute Gasteiger partial charge is 0.231 e. The molecule has 0 saturated carbocycles. The van der Waals surface area contributed by atoms with E-state index < -0.39 is 0 Å². The van der Waals surface area contributed by atoms with Crippen molar-refractivity contribution in [2.24, 2.45) is 0 Å². The molecule has 0 fully saturated rings. The van der Waals surface area contributed by atoms with Gasteiger partial charge in [0.15, 0.2) is 24.9 Å². The summed E-state index contributed by atoms with van der Waals surface area (Å²) in [4.78, 5) is 25.4. The Bertz CT molecular complexity index is 1300. The number of hydrogen-bond donors (Lipinski definition) is 0. The Morgan fingerprint density at radius 1 is 1.12 bits per heavy atom. The molecule has 2 aliphatic heterocycles. The van der Waals surface area contributed by atoms with Gasteiger partial charge in [0.05, 0.1) is 12.2 Å². The van der Waals surface area contributed by atoms with E-state index in [1.54, 1.807) is 37.3 Å². The molecule has 0 N–H and O–H groups in total. The highest BCUT2D eigenvalue weighted by atomic mass is 79.9. The molecule has 3 aromatic rings. The van der Waals surface area contributed by atoms with Crippen LogP contribution in [0.5, 0.6) is 17.2 Å². The Balaban J connectivity index is 1.40. The first-order valence-electron chi connectivity index (χ1n) is 10.3. The number of fused-ring (bicyclic) bond motifs is 2. The summed E-state index contributed by atoms with van der Waals surface area (Å²) in [5, 5.41) is 0. The Labute approximate surface area is 198 Å². The van der Waals surface area contributed by atoms with E-state index in [2.05, 4.69) is 15.9 Å². The van der Waals surface area contributed by atoms with E-state index >= 15 is 0 Å². The molecule has 6 nitrogen and oxygen atoms in total. The number of rotatable bonds is 5. The number of carbonyl (C=O) groups excluding carboxylic acids is 2. The highest BCUT2D eigenvalue weighted by Gasteiger charge is 2.31. The van der Waals surface area contributed by atoms with Gasteiger partial charge in [0.1, 0.15) is 17.2 Å². The van der Waals surface area contributed by atoms with Gasteiger partial charge in [-0.25, -0.2) is 0 Å². The van der Waals surface area contributed by atoms with Gasteiger partial charge < -0.3 is 18.9 Å². The number of ether oxygens (including phenoxy) is 4. The van der Waals surface area contributed by atoms with E-state index in [0.29, 0.717) is 40.5 Å². The molecule has 166 valence electrons. The topological polar surface area (TPSA) is 71.1 Å². The van der Waals surface area contributed by atoms with Crippen LogP contribution >= 0.6 is 15.9 Å². The van der Waals surface area contributed by atoms with Crippen LogP contribution in [-0.4, -0.2) is 25.0 Å². The average molecular weight is 507 g/mol. The molecule has 0 amide bonds. The first-order valence-corrected chi connectivity index (χ1v) is 11.1. The predicted molar refractivity (Wildman–Crippen MR) is 125 cm³/mol. The zero-order valence-corrected chi connectivity index (χ0v) is 19.3. The summed E-state index contributed by atoms with van der Waals surface area (Å²) in [6, 6.07) is 16.1. The van der Waals surface area contributed by atoms with Crippen LogP contribution in [0.3, 0.4) is 0 Å². The second kappa shape index (κ2) is 8.84. The molecule has 2 heterocycles. The Hall–Kier alpha value is -3.42. The van der Waals surface area contributed by atoms with Crippen molar-refractivity contribution in [1.29, 1.82) is 0 Å². The van der Waals surface area contributed by atoms with E-state index in [1.807, 2.05) is 30.3 Å². The van der Waals surface area contributed by atoms with Crippen molar-refractivity contribution in [2.45, 2.75) is 13.5 Å². The van der Waals surface area contributed by atoms with Gasteiger partial charge in [-0.15, -0.1) is 0 Å². The van der Waals surface area contributed by atoms with Gasteiger partial charge in [-0.1, -0.05) is 46.3 Å². The molecule has 0 aliphatic carbocycles. The first kappa shape index (κ1) is 21.4. The van der Waals surface area contributed by atoms with Crippen LogP contribution in [0.1, 0.15) is 37.4 Å². The minimum Gasteiger partial charge on any atom is -0.485 e. The molecule has 0 bridgehead atoms. The van der Waals surface area contributed by atoms with E-state index in [-0.39, 0.29) is 30.7 Å². The maximum Gasteiger partial charge on any atom is 0.231 e. The lowest BCUT2D eigenvalue weighted by Gasteiger charge is -2.20. The van der Waals surface area contributed by atoms with Gasteiger partial charge in [-0.05, 0) is 37.3 Å².